The molecular weight excluding hydrogens is 473 g/mol. The number of halogens is 4. The highest BCUT2D eigenvalue weighted by Gasteiger charge is 2.32. The molecule has 0 aliphatic carbocycles. The van der Waals surface area contributed by atoms with Crippen LogP contribution < -0.4 is 5.73 Å². The van der Waals surface area contributed by atoms with Crippen LogP contribution in [0.2, 0.25) is 0 Å². The lowest BCUT2D eigenvalue weighted by Gasteiger charge is -2.22. The Morgan fingerprint density at radius 3 is 2.71 bits per heavy atom. The van der Waals surface area contributed by atoms with Crippen molar-refractivity contribution in [2.24, 2.45) is 7.05 Å². The number of carbonyl (C=O) groups excluding carboxylic acids is 1. The van der Waals surface area contributed by atoms with Crippen molar-refractivity contribution in [1.82, 2.24) is 24.8 Å². The van der Waals surface area contributed by atoms with Crippen LogP contribution in [0.1, 0.15) is 21.6 Å². The maximum absolute atomic E-state index is 13.3. The number of nitrogens with two attached hydrogens (primary N) is 1. The minimum absolute atomic E-state index is 0.0268. The standard InChI is InChI=1S/C22H18ClF3N6O2/c1-31-19-15-9-14(4-5-17(15)30-20(27)16(19)11-29-31)21(33)32(34-8-2-7-23)12-13-3-6-18(28-10-13)22(24,25)26/h2-7,9-11H,8,12H2,1H3,(H2,27,30)/b7-2+. The summed E-state index contributed by atoms with van der Waals surface area (Å²) in [7, 11) is 1.75. The molecule has 4 aromatic rings. The van der Waals surface area contributed by atoms with Gasteiger partial charge in [-0.05, 0) is 35.9 Å². The number of alkyl halides is 3. The number of aromatic nitrogens is 4. The van der Waals surface area contributed by atoms with Crippen molar-refractivity contribution in [1.29, 1.82) is 0 Å². The monoisotopic (exact) mass is 490 g/mol. The lowest BCUT2D eigenvalue weighted by Crippen LogP contribution is -2.31. The second-order valence-corrected chi connectivity index (χ2v) is 7.56. The van der Waals surface area contributed by atoms with E-state index in [1.165, 1.54) is 17.7 Å². The van der Waals surface area contributed by atoms with Gasteiger partial charge in [-0.15, -0.1) is 0 Å². The summed E-state index contributed by atoms with van der Waals surface area (Å²) in [5.74, 6) is -0.195. The van der Waals surface area contributed by atoms with Crippen molar-refractivity contribution in [3.63, 3.8) is 0 Å². The first-order chi connectivity index (χ1) is 16.2. The van der Waals surface area contributed by atoms with Crippen molar-refractivity contribution < 1.29 is 22.8 Å². The zero-order valence-electron chi connectivity index (χ0n) is 17.8. The molecule has 0 fully saturated rings. The Bertz CT molecular complexity index is 1390. The van der Waals surface area contributed by atoms with Crippen molar-refractivity contribution in [2.45, 2.75) is 12.7 Å². The van der Waals surface area contributed by atoms with E-state index in [4.69, 9.17) is 22.2 Å². The van der Waals surface area contributed by atoms with E-state index in [1.54, 1.807) is 36.1 Å². The number of nitrogen functional groups attached to an aromatic ring is 1. The Labute approximate surface area is 196 Å². The highest BCUT2D eigenvalue weighted by atomic mass is 35.5. The van der Waals surface area contributed by atoms with E-state index in [2.05, 4.69) is 15.1 Å². The molecule has 2 N–H and O–H groups in total. The average molecular weight is 491 g/mol. The number of hydrogen-bond donors (Lipinski definition) is 1. The molecule has 34 heavy (non-hydrogen) atoms. The Hall–Kier alpha value is -3.70. The number of aryl methyl sites for hydroxylation is 1. The maximum Gasteiger partial charge on any atom is 0.433 e. The van der Waals surface area contributed by atoms with Gasteiger partial charge in [-0.3, -0.25) is 19.3 Å². The molecule has 4 rings (SSSR count). The minimum atomic E-state index is -4.56. The van der Waals surface area contributed by atoms with E-state index in [0.717, 1.165) is 17.3 Å². The van der Waals surface area contributed by atoms with E-state index < -0.39 is 17.8 Å². The number of benzene rings is 1. The third kappa shape index (κ3) is 4.66. The summed E-state index contributed by atoms with van der Waals surface area (Å²) in [6.07, 6.45) is -0.443. The van der Waals surface area contributed by atoms with Crippen molar-refractivity contribution >= 4 is 45.1 Å². The third-order valence-corrected chi connectivity index (χ3v) is 5.22. The summed E-state index contributed by atoms with van der Waals surface area (Å²) in [4.78, 5) is 26.7. The zero-order chi connectivity index (χ0) is 24.5. The molecule has 0 aliphatic rings. The predicted octanol–water partition coefficient (Wildman–Crippen LogP) is 4.44. The lowest BCUT2D eigenvalue weighted by molar-refractivity contribution is -0.141. The van der Waals surface area contributed by atoms with Crippen LogP contribution in [-0.2, 0) is 24.6 Å². The van der Waals surface area contributed by atoms with Gasteiger partial charge in [-0.2, -0.15) is 18.3 Å². The van der Waals surface area contributed by atoms with Gasteiger partial charge in [0.15, 0.2) is 0 Å². The molecule has 0 atom stereocenters. The first-order valence-electron chi connectivity index (χ1n) is 9.92. The fraction of sp³-hybridized carbons (Fsp3) is 0.182. The molecule has 1 amide bonds. The number of amides is 1. The average Bonchev–Trinajstić information content (AvgIpc) is 3.20. The van der Waals surface area contributed by atoms with Crippen LogP contribution in [0.25, 0.3) is 21.8 Å². The number of rotatable bonds is 6. The number of fused-ring (bicyclic) bond motifs is 3. The number of nitrogens with zero attached hydrogens (tertiary/aromatic N) is 5. The van der Waals surface area contributed by atoms with E-state index in [9.17, 15) is 18.0 Å². The quantitative estimate of drug-likeness (QED) is 0.401. The predicted molar refractivity (Wildman–Crippen MR) is 120 cm³/mol. The summed E-state index contributed by atoms with van der Waals surface area (Å²) in [6, 6.07) is 6.96. The van der Waals surface area contributed by atoms with Crippen molar-refractivity contribution in [3.8, 4) is 0 Å². The van der Waals surface area contributed by atoms with Gasteiger partial charge in [0.1, 0.15) is 11.5 Å². The van der Waals surface area contributed by atoms with Crippen molar-refractivity contribution in [2.75, 3.05) is 12.3 Å². The van der Waals surface area contributed by atoms with Crippen LogP contribution in [0.4, 0.5) is 19.0 Å². The molecule has 8 nitrogen and oxygen atoms in total. The van der Waals surface area contributed by atoms with E-state index in [1.807, 2.05) is 0 Å². The van der Waals surface area contributed by atoms with Gasteiger partial charge in [0.05, 0.1) is 35.8 Å². The number of carbonyl (C=O) groups is 1. The number of hydrogen-bond acceptors (Lipinski definition) is 6. The van der Waals surface area contributed by atoms with E-state index in [0.29, 0.717) is 33.2 Å². The lowest BCUT2D eigenvalue weighted by atomic mass is 10.1. The highest BCUT2D eigenvalue weighted by molar-refractivity contribution is 6.25. The third-order valence-electron chi connectivity index (χ3n) is 5.04. The van der Waals surface area contributed by atoms with Gasteiger partial charge >= 0.3 is 6.18 Å². The fourth-order valence-corrected chi connectivity index (χ4v) is 3.50. The summed E-state index contributed by atoms with van der Waals surface area (Å²) in [6.45, 7) is -0.166. The summed E-state index contributed by atoms with van der Waals surface area (Å²) in [5, 5.41) is 6.56. The normalized spacial score (nSPS) is 12.1. The van der Waals surface area contributed by atoms with Crippen LogP contribution in [-0.4, -0.2) is 37.3 Å². The van der Waals surface area contributed by atoms with Gasteiger partial charge < -0.3 is 5.73 Å². The van der Waals surface area contributed by atoms with E-state index in [-0.39, 0.29) is 18.7 Å². The van der Waals surface area contributed by atoms with E-state index >= 15 is 0 Å². The second-order valence-electron chi connectivity index (χ2n) is 7.31. The minimum Gasteiger partial charge on any atom is -0.383 e. The molecule has 0 aliphatic heterocycles. The summed E-state index contributed by atoms with van der Waals surface area (Å²) in [5.41, 5.74) is 8.13. The maximum atomic E-state index is 13.3. The first-order valence-corrected chi connectivity index (χ1v) is 10.4. The van der Waals surface area contributed by atoms with Gasteiger partial charge in [0.2, 0.25) is 0 Å². The van der Waals surface area contributed by atoms with Gasteiger partial charge in [-0.25, -0.2) is 10.0 Å². The largest absolute Gasteiger partial charge is 0.433 e. The zero-order valence-corrected chi connectivity index (χ0v) is 18.5. The number of anilines is 1. The number of hydroxylamine groups is 2. The molecule has 12 heteroatoms. The fourth-order valence-electron chi connectivity index (χ4n) is 3.43. The van der Waals surface area contributed by atoms with Gasteiger partial charge in [0.25, 0.3) is 5.91 Å². The smallest absolute Gasteiger partial charge is 0.383 e. The van der Waals surface area contributed by atoms with Crippen LogP contribution in [0.15, 0.2) is 54.3 Å². The molecule has 1 aromatic carbocycles. The van der Waals surface area contributed by atoms with Crippen LogP contribution in [0.5, 0.6) is 0 Å². The second kappa shape index (κ2) is 9.27. The molecule has 0 saturated heterocycles. The molecule has 0 unspecified atom stereocenters. The summed E-state index contributed by atoms with van der Waals surface area (Å²) < 4.78 is 40.1. The molecular formula is C22H18ClF3N6O2. The Morgan fingerprint density at radius 2 is 2.03 bits per heavy atom. The van der Waals surface area contributed by atoms with Crippen LogP contribution in [0.3, 0.4) is 0 Å². The Morgan fingerprint density at radius 1 is 1.24 bits per heavy atom. The van der Waals surface area contributed by atoms with Gasteiger partial charge in [-0.1, -0.05) is 17.7 Å². The SMILES string of the molecule is Cn1ncc2c(N)nc3ccc(C(=O)N(Cc4ccc(C(F)(F)F)nc4)OC/C=C/Cl)cc3c21. The molecule has 176 valence electrons. The molecule has 3 aromatic heterocycles. The molecule has 3 heterocycles. The summed E-state index contributed by atoms with van der Waals surface area (Å²) >= 11 is 5.53. The molecule has 0 spiro atoms. The molecule has 0 saturated carbocycles. The topological polar surface area (TPSA) is 99.2 Å². The van der Waals surface area contributed by atoms with Gasteiger partial charge in [0, 0.05) is 29.7 Å². The molecule has 0 bridgehead atoms. The number of pyridine rings is 2. The first kappa shape index (κ1) is 23.5. The highest BCUT2D eigenvalue weighted by Crippen LogP contribution is 2.29. The van der Waals surface area contributed by atoms with Crippen LogP contribution >= 0.6 is 11.6 Å². The van der Waals surface area contributed by atoms with Crippen LogP contribution in [0, 0.1) is 0 Å². The Balaban J connectivity index is 1.69. The van der Waals surface area contributed by atoms with Crippen molar-refractivity contribution in [3.05, 3.63) is 71.2 Å². The molecule has 0 radical (unpaired) electrons. The Kier molecular flexibility index (Phi) is 6.40.